The van der Waals surface area contributed by atoms with Crippen molar-refractivity contribution in [2.45, 2.75) is 51.5 Å². The molecule has 29 heavy (non-hydrogen) atoms. The van der Waals surface area contributed by atoms with Gasteiger partial charge in [0.2, 0.25) is 5.91 Å². The number of amides is 1. The van der Waals surface area contributed by atoms with Crippen LogP contribution in [0.15, 0.2) is 30.3 Å². The Hall–Kier alpha value is -1.55. The van der Waals surface area contributed by atoms with Gasteiger partial charge in [-0.05, 0) is 81.3 Å². The van der Waals surface area contributed by atoms with Gasteiger partial charge < -0.3 is 10.2 Å². The lowest BCUT2D eigenvalue weighted by molar-refractivity contribution is -0.138. The maximum absolute atomic E-state index is 13.1. The summed E-state index contributed by atoms with van der Waals surface area (Å²) in [6.45, 7) is 7.72. The lowest BCUT2D eigenvalue weighted by Crippen LogP contribution is -2.52. The fourth-order valence-corrected chi connectivity index (χ4v) is 7.01. The second-order valence-corrected chi connectivity index (χ2v) is 10.3. The smallest absolute Gasteiger partial charge is 0.223 e. The van der Waals surface area contributed by atoms with E-state index in [1.807, 2.05) is 0 Å². The van der Waals surface area contributed by atoms with Crippen LogP contribution in [0.3, 0.4) is 0 Å². The van der Waals surface area contributed by atoms with Crippen LogP contribution in [0.5, 0.6) is 0 Å². The number of piperazine rings is 1. The topological polar surface area (TPSA) is 35.6 Å². The monoisotopic (exact) mass is 395 g/mol. The largest absolute Gasteiger partial charge is 0.369 e. The Bertz CT molecular complexity index is 669. The molecule has 158 valence electrons. The van der Waals surface area contributed by atoms with Gasteiger partial charge in [-0.3, -0.25) is 9.69 Å². The molecule has 1 amide bonds. The molecule has 5 fully saturated rings. The highest BCUT2D eigenvalue weighted by molar-refractivity contribution is 5.80. The van der Waals surface area contributed by atoms with Crippen LogP contribution < -0.4 is 10.2 Å². The lowest BCUT2D eigenvalue weighted by atomic mass is 9.51. The van der Waals surface area contributed by atoms with Crippen molar-refractivity contribution in [1.29, 1.82) is 0 Å². The predicted molar refractivity (Wildman–Crippen MR) is 118 cm³/mol. The van der Waals surface area contributed by atoms with E-state index in [9.17, 15) is 4.79 Å². The van der Waals surface area contributed by atoms with E-state index in [0.717, 1.165) is 51.0 Å². The van der Waals surface area contributed by atoms with E-state index in [1.165, 1.54) is 37.8 Å². The molecule has 4 heteroatoms. The van der Waals surface area contributed by atoms with Crippen LogP contribution in [0.1, 0.15) is 45.4 Å². The summed E-state index contributed by atoms with van der Waals surface area (Å²) < 4.78 is 0. The molecule has 1 atom stereocenters. The van der Waals surface area contributed by atoms with Crippen LogP contribution in [0.25, 0.3) is 0 Å². The van der Waals surface area contributed by atoms with Crippen molar-refractivity contribution >= 4 is 11.6 Å². The summed E-state index contributed by atoms with van der Waals surface area (Å²) in [6.07, 6.45) is 7.81. The third kappa shape index (κ3) is 4.19. The Kier molecular flexibility index (Phi) is 5.55. The van der Waals surface area contributed by atoms with Gasteiger partial charge in [0.05, 0.1) is 0 Å². The third-order valence-corrected chi connectivity index (χ3v) is 8.29. The van der Waals surface area contributed by atoms with Crippen molar-refractivity contribution in [3.05, 3.63) is 30.3 Å². The number of hydrogen-bond donors (Lipinski definition) is 1. The lowest BCUT2D eigenvalue weighted by Gasteiger charge is -2.53. The molecular weight excluding hydrogens is 358 g/mol. The van der Waals surface area contributed by atoms with Gasteiger partial charge in [0.25, 0.3) is 0 Å². The molecule has 1 heterocycles. The van der Waals surface area contributed by atoms with E-state index in [1.54, 1.807) is 0 Å². The number of anilines is 1. The van der Waals surface area contributed by atoms with Gasteiger partial charge >= 0.3 is 0 Å². The third-order valence-electron chi connectivity index (χ3n) is 8.29. The Labute approximate surface area is 176 Å². The molecule has 4 saturated carbocycles. The number of carbonyl (C=O) groups excluding carboxylic acids is 1. The van der Waals surface area contributed by atoms with E-state index in [0.29, 0.717) is 23.7 Å². The number of nitrogens with zero attached hydrogens (tertiary/aromatic N) is 2. The number of para-hydroxylation sites is 1. The minimum absolute atomic E-state index is 0.284. The molecule has 1 aliphatic heterocycles. The van der Waals surface area contributed by atoms with Gasteiger partial charge in [-0.2, -0.15) is 0 Å². The molecular formula is C25H37N3O. The molecule has 4 bridgehead atoms. The molecule has 4 nitrogen and oxygen atoms in total. The molecule has 1 aromatic carbocycles. The highest BCUT2D eigenvalue weighted by atomic mass is 16.2. The molecule has 0 unspecified atom stereocenters. The van der Waals surface area contributed by atoms with Crippen molar-refractivity contribution in [3.63, 3.8) is 0 Å². The average Bonchev–Trinajstić information content (AvgIpc) is 2.72. The highest BCUT2D eigenvalue weighted by Gasteiger charge is 2.50. The summed E-state index contributed by atoms with van der Waals surface area (Å²) in [4.78, 5) is 18.1. The molecule has 1 saturated heterocycles. The van der Waals surface area contributed by atoms with E-state index < -0.39 is 0 Å². The van der Waals surface area contributed by atoms with Crippen LogP contribution in [-0.2, 0) is 4.79 Å². The first kappa shape index (κ1) is 19.4. The summed E-state index contributed by atoms with van der Waals surface area (Å²) >= 11 is 0. The van der Waals surface area contributed by atoms with Crippen molar-refractivity contribution in [1.82, 2.24) is 10.2 Å². The van der Waals surface area contributed by atoms with E-state index >= 15 is 0 Å². The second kappa shape index (κ2) is 8.29. The number of carbonyl (C=O) groups is 1. The Balaban J connectivity index is 1.06. The van der Waals surface area contributed by atoms with Crippen molar-refractivity contribution in [2.24, 2.45) is 29.6 Å². The van der Waals surface area contributed by atoms with Crippen LogP contribution in [0.4, 0.5) is 5.69 Å². The van der Waals surface area contributed by atoms with Crippen LogP contribution in [0.2, 0.25) is 0 Å². The first-order valence-electron chi connectivity index (χ1n) is 12.0. The molecule has 0 aromatic heterocycles. The second-order valence-electron chi connectivity index (χ2n) is 10.3. The zero-order valence-electron chi connectivity index (χ0n) is 17.9. The quantitative estimate of drug-likeness (QED) is 0.796. The van der Waals surface area contributed by atoms with Gasteiger partial charge in [-0.25, -0.2) is 0 Å². The van der Waals surface area contributed by atoms with Gasteiger partial charge in [0, 0.05) is 50.4 Å². The highest BCUT2D eigenvalue weighted by Crippen LogP contribution is 2.56. The number of hydrogen-bond acceptors (Lipinski definition) is 3. The molecule has 0 spiro atoms. The van der Waals surface area contributed by atoms with Gasteiger partial charge in [-0.1, -0.05) is 18.2 Å². The number of nitrogens with one attached hydrogen (secondary N) is 1. The minimum Gasteiger partial charge on any atom is -0.369 e. The SMILES string of the molecule is C[C@H](CCN1CCN(c2ccccc2)CC1)NC(=O)C1C2CC3CC(C2)CC1C3. The van der Waals surface area contributed by atoms with E-state index in [-0.39, 0.29) is 6.04 Å². The summed E-state index contributed by atoms with van der Waals surface area (Å²) in [5, 5.41) is 3.41. The number of benzene rings is 1. The molecule has 6 rings (SSSR count). The van der Waals surface area contributed by atoms with Crippen molar-refractivity contribution < 1.29 is 4.79 Å². The Morgan fingerprint density at radius 2 is 1.59 bits per heavy atom. The molecule has 4 aliphatic carbocycles. The predicted octanol–water partition coefficient (Wildman–Crippen LogP) is 3.78. The normalized spacial score (nSPS) is 34.9. The molecule has 5 aliphatic rings. The molecule has 1 aromatic rings. The van der Waals surface area contributed by atoms with Crippen molar-refractivity contribution in [2.75, 3.05) is 37.6 Å². The van der Waals surface area contributed by atoms with Gasteiger partial charge in [0.15, 0.2) is 0 Å². The van der Waals surface area contributed by atoms with Crippen molar-refractivity contribution in [3.8, 4) is 0 Å². The minimum atomic E-state index is 0.284. The van der Waals surface area contributed by atoms with Gasteiger partial charge in [-0.15, -0.1) is 0 Å². The zero-order valence-corrected chi connectivity index (χ0v) is 17.9. The van der Waals surface area contributed by atoms with Gasteiger partial charge in [0.1, 0.15) is 0 Å². The van der Waals surface area contributed by atoms with Crippen LogP contribution in [0, 0.1) is 29.6 Å². The van der Waals surface area contributed by atoms with E-state index in [4.69, 9.17) is 0 Å². The Morgan fingerprint density at radius 3 is 2.21 bits per heavy atom. The Morgan fingerprint density at radius 1 is 0.966 bits per heavy atom. The van der Waals surface area contributed by atoms with E-state index in [2.05, 4.69) is 52.4 Å². The van der Waals surface area contributed by atoms with Crippen LogP contribution >= 0.6 is 0 Å². The summed E-state index contributed by atoms with van der Waals surface area (Å²) in [7, 11) is 0. The summed E-state index contributed by atoms with van der Waals surface area (Å²) in [6, 6.07) is 11.0. The maximum atomic E-state index is 13.1. The fraction of sp³-hybridized carbons (Fsp3) is 0.720. The summed E-state index contributed by atoms with van der Waals surface area (Å²) in [5.41, 5.74) is 1.34. The molecule has 1 N–H and O–H groups in total. The average molecular weight is 396 g/mol. The summed E-state index contributed by atoms with van der Waals surface area (Å²) in [5.74, 6) is 3.94. The number of rotatable bonds is 6. The van der Waals surface area contributed by atoms with Crippen LogP contribution in [-0.4, -0.2) is 49.6 Å². The zero-order chi connectivity index (χ0) is 19.8. The first-order chi connectivity index (χ1) is 14.2. The molecule has 0 radical (unpaired) electrons. The standard InChI is InChI=1S/C25H37N3O/c1-18(7-8-27-9-11-28(12-10-27)23-5-3-2-4-6-23)26-25(29)24-21-14-19-13-20(16-21)17-22(24)15-19/h2-6,18-22,24H,7-17H2,1H3,(H,26,29)/t18-,19?,20?,21?,22?,24?/m1/s1. The fourth-order valence-electron chi connectivity index (χ4n) is 7.01. The first-order valence-corrected chi connectivity index (χ1v) is 12.0. The maximum Gasteiger partial charge on any atom is 0.223 e.